The van der Waals surface area contributed by atoms with E-state index in [1.165, 1.54) is 12.1 Å². The number of aromatic nitrogens is 1. The van der Waals surface area contributed by atoms with Crippen molar-refractivity contribution in [2.24, 2.45) is 0 Å². The minimum Gasteiger partial charge on any atom is -0.256 e. The number of benzene rings is 3. The fourth-order valence-electron chi connectivity index (χ4n) is 2.79. The topological polar surface area (TPSA) is 12.9 Å². The molecule has 0 bridgehead atoms. The van der Waals surface area contributed by atoms with Crippen molar-refractivity contribution in [3.05, 3.63) is 78.7 Å². The van der Waals surface area contributed by atoms with Crippen LogP contribution in [0.1, 0.15) is 0 Å². The second kappa shape index (κ2) is 4.67. The van der Waals surface area contributed by atoms with E-state index in [-0.39, 0.29) is 5.82 Å². The zero-order chi connectivity index (χ0) is 14.2. The van der Waals surface area contributed by atoms with Crippen LogP contribution in [0.15, 0.2) is 72.9 Å². The molecule has 0 atom stereocenters. The van der Waals surface area contributed by atoms with Gasteiger partial charge in [-0.15, -0.1) is 0 Å². The van der Waals surface area contributed by atoms with E-state index in [1.54, 1.807) is 0 Å². The second-order valence-electron chi connectivity index (χ2n) is 5.05. The molecule has 4 aromatic rings. The lowest BCUT2D eigenvalue weighted by Crippen LogP contribution is -1.86. The van der Waals surface area contributed by atoms with E-state index in [2.05, 4.69) is 29.2 Å². The normalized spacial score (nSPS) is 11.1. The highest BCUT2D eigenvalue weighted by Gasteiger charge is 2.08. The molecule has 0 saturated heterocycles. The molecule has 0 amide bonds. The Morgan fingerprint density at radius 3 is 2.33 bits per heavy atom. The van der Waals surface area contributed by atoms with Gasteiger partial charge in [0, 0.05) is 17.0 Å². The molecule has 0 aliphatic rings. The summed E-state index contributed by atoms with van der Waals surface area (Å²) in [5.41, 5.74) is 3.11. The molecule has 1 heterocycles. The van der Waals surface area contributed by atoms with E-state index in [1.807, 2.05) is 36.5 Å². The monoisotopic (exact) mass is 273 g/mol. The van der Waals surface area contributed by atoms with Crippen LogP contribution in [0.5, 0.6) is 0 Å². The Hall–Kier alpha value is -2.74. The number of rotatable bonds is 1. The molecule has 0 unspecified atom stereocenters. The van der Waals surface area contributed by atoms with Gasteiger partial charge < -0.3 is 0 Å². The van der Waals surface area contributed by atoms with Crippen molar-refractivity contribution in [3.8, 4) is 11.1 Å². The molecule has 1 nitrogen and oxygen atoms in total. The van der Waals surface area contributed by atoms with Gasteiger partial charge in [-0.2, -0.15) is 0 Å². The summed E-state index contributed by atoms with van der Waals surface area (Å²) in [6, 6.07) is 21.0. The summed E-state index contributed by atoms with van der Waals surface area (Å²) >= 11 is 0. The third-order valence-electron chi connectivity index (χ3n) is 3.77. The van der Waals surface area contributed by atoms with Crippen LogP contribution in [-0.2, 0) is 0 Å². The van der Waals surface area contributed by atoms with Gasteiger partial charge in [0.05, 0.1) is 5.52 Å². The first-order valence-corrected chi connectivity index (χ1v) is 6.85. The highest BCUT2D eigenvalue weighted by molar-refractivity contribution is 6.11. The molecule has 0 N–H and O–H groups in total. The van der Waals surface area contributed by atoms with Crippen LogP contribution in [0.3, 0.4) is 0 Å². The number of halogens is 1. The maximum Gasteiger partial charge on any atom is 0.123 e. The Morgan fingerprint density at radius 1 is 0.762 bits per heavy atom. The molecule has 0 aliphatic heterocycles. The highest BCUT2D eigenvalue weighted by Crippen LogP contribution is 2.33. The largest absolute Gasteiger partial charge is 0.256 e. The predicted octanol–water partition coefficient (Wildman–Crippen LogP) is 5.19. The fraction of sp³-hybridized carbons (Fsp3) is 0. The number of hydrogen-bond acceptors (Lipinski definition) is 1. The summed E-state index contributed by atoms with van der Waals surface area (Å²) in [6.45, 7) is 0. The van der Waals surface area contributed by atoms with Crippen molar-refractivity contribution in [1.82, 2.24) is 4.98 Å². The minimum absolute atomic E-state index is 0.217. The van der Waals surface area contributed by atoms with Crippen LogP contribution < -0.4 is 0 Å². The molecular formula is C19H12FN. The van der Waals surface area contributed by atoms with Gasteiger partial charge in [0.1, 0.15) is 5.82 Å². The number of pyridine rings is 1. The Kier molecular flexibility index (Phi) is 2.68. The quantitative estimate of drug-likeness (QED) is 0.435. The summed E-state index contributed by atoms with van der Waals surface area (Å²) in [4.78, 5) is 4.50. The molecule has 4 rings (SSSR count). The summed E-state index contributed by atoms with van der Waals surface area (Å²) in [5.74, 6) is -0.217. The number of nitrogens with zero attached hydrogens (tertiary/aromatic N) is 1. The fourth-order valence-corrected chi connectivity index (χ4v) is 2.79. The van der Waals surface area contributed by atoms with E-state index < -0.39 is 0 Å². The standard InChI is InChI=1S/C19H12FN/c20-15-9-7-13(8-10-15)18-12-14-4-3-11-21-19(14)17-6-2-1-5-16(17)18/h1-12H. The van der Waals surface area contributed by atoms with Crippen molar-refractivity contribution in [3.63, 3.8) is 0 Å². The van der Waals surface area contributed by atoms with E-state index in [0.717, 1.165) is 32.8 Å². The zero-order valence-corrected chi connectivity index (χ0v) is 11.3. The molecule has 1 aromatic heterocycles. The molecule has 0 spiro atoms. The predicted molar refractivity (Wildman–Crippen MR) is 84.6 cm³/mol. The van der Waals surface area contributed by atoms with Crippen LogP contribution in [0.25, 0.3) is 32.8 Å². The Morgan fingerprint density at radius 2 is 1.52 bits per heavy atom. The molecular weight excluding hydrogens is 261 g/mol. The average molecular weight is 273 g/mol. The Bertz CT molecular complexity index is 942. The number of fused-ring (bicyclic) bond motifs is 3. The van der Waals surface area contributed by atoms with Crippen molar-refractivity contribution < 1.29 is 4.39 Å². The molecule has 0 saturated carbocycles. The van der Waals surface area contributed by atoms with Crippen molar-refractivity contribution in [1.29, 1.82) is 0 Å². The first-order chi connectivity index (χ1) is 10.3. The van der Waals surface area contributed by atoms with Crippen LogP contribution >= 0.6 is 0 Å². The third kappa shape index (κ3) is 1.96. The molecule has 0 aliphatic carbocycles. The Labute approximate surface area is 121 Å². The summed E-state index contributed by atoms with van der Waals surface area (Å²) in [5, 5.41) is 3.35. The van der Waals surface area contributed by atoms with Gasteiger partial charge in [-0.25, -0.2) is 4.39 Å². The maximum absolute atomic E-state index is 13.2. The lowest BCUT2D eigenvalue weighted by Gasteiger charge is -2.10. The molecule has 2 heteroatoms. The van der Waals surface area contributed by atoms with E-state index in [9.17, 15) is 4.39 Å². The lowest BCUT2D eigenvalue weighted by atomic mass is 9.95. The van der Waals surface area contributed by atoms with Gasteiger partial charge in [-0.3, -0.25) is 4.98 Å². The van der Waals surface area contributed by atoms with Gasteiger partial charge in [0.2, 0.25) is 0 Å². The minimum atomic E-state index is -0.217. The van der Waals surface area contributed by atoms with Gasteiger partial charge in [-0.1, -0.05) is 42.5 Å². The maximum atomic E-state index is 13.2. The summed E-state index contributed by atoms with van der Waals surface area (Å²) in [6.07, 6.45) is 1.81. The first kappa shape index (κ1) is 12.0. The SMILES string of the molecule is Fc1ccc(-c2cc3cccnc3c3ccccc23)cc1. The van der Waals surface area contributed by atoms with Crippen LogP contribution in [0.4, 0.5) is 4.39 Å². The van der Waals surface area contributed by atoms with Crippen LogP contribution in [-0.4, -0.2) is 4.98 Å². The summed E-state index contributed by atoms with van der Waals surface area (Å²) in [7, 11) is 0. The van der Waals surface area contributed by atoms with Crippen molar-refractivity contribution in [2.75, 3.05) is 0 Å². The van der Waals surface area contributed by atoms with Crippen molar-refractivity contribution >= 4 is 21.7 Å². The smallest absolute Gasteiger partial charge is 0.123 e. The lowest BCUT2D eigenvalue weighted by molar-refractivity contribution is 0.628. The number of hydrogen-bond donors (Lipinski definition) is 0. The van der Waals surface area contributed by atoms with Gasteiger partial charge >= 0.3 is 0 Å². The average Bonchev–Trinajstić information content (AvgIpc) is 2.55. The van der Waals surface area contributed by atoms with Gasteiger partial charge in [-0.05, 0) is 40.8 Å². The molecule has 0 radical (unpaired) electrons. The van der Waals surface area contributed by atoms with E-state index in [4.69, 9.17) is 0 Å². The van der Waals surface area contributed by atoms with Gasteiger partial charge in [0.25, 0.3) is 0 Å². The summed E-state index contributed by atoms with van der Waals surface area (Å²) < 4.78 is 13.2. The molecule has 21 heavy (non-hydrogen) atoms. The second-order valence-corrected chi connectivity index (χ2v) is 5.05. The zero-order valence-electron chi connectivity index (χ0n) is 11.3. The van der Waals surface area contributed by atoms with Crippen molar-refractivity contribution in [2.45, 2.75) is 0 Å². The molecule has 0 fully saturated rings. The van der Waals surface area contributed by atoms with Gasteiger partial charge in [0.15, 0.2) is 0 Å². The van der Waals surface area contributed by atoms with Crippen LogP contribution in [0.2, 0.25) is 0 Å². The highest BCUT2D eigenvalue weighted by atomic mass is 19.1. The van der Waals surface area contributed by atoms with E-state index >= 15 is 0 Å². The third-order valence-corrected chi connectivity index (χ3v) is 3.77. The Balaban J connectivity index is 2.13. The molecule has 100 valence electrons. The first-order valence-electron chi connectivity index (χ1n) is 6.85. The molecule has 3 aromatic carbocycles. The van der Waals surface area contributed by atoms with Crippen LogP contribution in [0, 0.1) is 5.82 Å². The van der Waals surface area contributed by atoms with E-state index in [0.29, 0.717) is 0 Å².